The molecular weight excluding hydrogens is 368 g/mol. The molecule has 0 bridgehead atoms. The number of esters is 1. The van der Waals surface area contributed by atoms with Crippen molar-refractivity contribution in [1.29, 1.82) is 0 Å². The third-order valence-electron chi connectivity index (χ3n) is 4.65. The SMILES string of the molecule is CC(C)(C)COC(=O)c1ccc(CC(CO)CCc2ccc(C(=O)O)cc2)cc1. The number of aromatic carboxylic acids is 1. The molecule has 1 atom stereocenters. The van der Waals surface area contributed by atoms with Crippen LogP contribution in [0.25, 0.3) is 0 Å². The second-order valence-corrected chi connectivity index (χ2v) is 8.63. The number of hydrogen-bond donors (Lipinski definition) is 2. The molecule has 5 heteroatoms. The average molecular weight is 398 g/mol. The van der Waals surface area contributed by atoms with E-state index in [9.17, 15) is 14.7 Å². The van der Waals surface area contributed by atoms with Crippen molar-refractivity contribution in [3.05, 3.63) is 70.8 Å². The lowest BCUT2D eigenvalue weighted by Gasteiger charge is -2.18. The predicted molar refractivity (Wildman–Crippen MR) is 112 cm³/mol. The van der Waals surface area contributed by atoms with Gasteiger partial charge < -0.3 is 14.9 Å². The molecule has 29 heavy (non-hydrogen) atoms. The lowest BCUT2D eigenvalue weighted by Crippen LogP contribution is -2.18. The van der Waals surface area contributed by atoms with E-state index >= 15 is 0 Å². The highest BCUT2D eigenvalue weighted by molar-refractivity contribution is 5.89. The van der Waals surface area contributed by atoms with E-state index in [0.717, 1.165) is 24.0 Å². The fourth-order valence-electron chi connectivity index (χ4n) is 2.92. The highest BCUT2D eigenvalue weighted by Crippen LogP contribution is 2.18. The Balaban J connectivity index is 1.88. The molecule has 0 spiro atoms. The first-order valence-electron chi connectivity index (χ1n) is 9.87. The van der Waals surface area contributed by atoms with Crippen molar-refractivity contribution in [1.82, 2.24) is 0 Å². The lowest BCUT2D eigenvalue weighted by atomic mass is 9.93. The van der Waals surface area contributed by atoms with Crippen LogP contribution in [0.4, 0.5) is 0 Å². The van der Waals surface area contributed by atoms with Crippen LogP contribution in [-0.4, -0.2) is 35.4 Å². The van der Waals surface area contributed by atoms with E-state index in [0.29, 0.717) is 18.6 Å². The van der Waals surface area contributed by atoms with Gasteiger partial charge >= 0.3 is 11.9 Å². The van der Waals surface area contributed by atoms with Crippen molar-refractivity contribution in [2.24, 2.45) is 11.3 Å². The Bertz CT molecular complexity index is 801. The van der Waals surface area contributed by atoms with Gasteiger partial charge in [-0.3, -0.25) is 0 Å². The van der Waals surface area contributed by atoms with Crippen LogP contribution < -0.4 is 0 Å². The highest BCUT2D eigenvalue weighted by Gasteiger charge is 2.15. The van der Waals surface area contributed by atoms with E-state index in [-0.39, 0.29) is 29.5 Å². The number of aliphatic hydroxyl groups excluding tert-OH is 1. The van der Waals surface area contributed by atoms with Crippen LogP contribution in [0, 0.1) is 11.3 Å². The van der Waals surface area contributed by atoms with E-state index in [1.165, 1.54) is 0 Å². The van der Waals surface area contributed by atoms with Crippen molar-refractivity contribution in [2.45, 2.75) is 40.0 Å². The summed E-state index contributed by atoms with van der Waals surface area (Å²) in [6, 6.07) is 14.2. The monoisotopic (exact) mass is 398 g/mol. The van der Waals surface area contributed by atoms with Crippen LogP contribution in [0.5, 0.6) is 0 Å². The molecular formula is C24H30O5. The molecule has 2 rings (SSSR count). The topological polar surface area (TPSA) is 83.8 Å². The van der Waals surface area contributed by atoms with Crippen molar-refractivity contribution >= 4 is 11.9 Å². The third-order valence-corrected chi connectivity index (χ3v) is 4.65. The van der Waals surface area contributed by atoms with E-state index in [2.05, 4.69) is 0 Å². The van der Waals surface area contributed by atoms with Crippen molar-refractivity contribution in [3.8, 4) is 0 Å². The molecule has 0 radical (unpaired) electrons. The molecule has 0 aliphatic heterocycles. The molecule has 2 aromatic rings. The maximum Gasteiger partial charge on any atom is 0.338 e. The number of carbonyl (C=O) groups is 2. The van der Waals surface area contributed by atoms with Gasteiger partial charge in [0.25, 0.3) is 0 Å². The van der Waals surface area contributed by atoms with Crippen molar-refractivity contribution < 1.29 is 24.5 Å². The minimum absolute atomic E-state index is 0.0715. The minimum Gasteiger partial charge on any atom is -0.478 e. The normalized spacial score (nSPS) is 12.4. The molecule has 2 aromatic carbocycles. The molecule has 1 unspecified atom stereocenters. The van der Waals surface area contributed by atoms with Gasteiger partial charge in [0.2, 0.25) is 0 Å². The summed E-state index contributed by atoms with van der Waals surface area (Å²) in [6.07, 6.45) is 2.27. The molecule has 2 N–H and O–H groups in total. The van der Waals surface area contributed by atoms with E-state index in [4.69, 9.17) is 9.84 Å². The maximum atomic E-state index is 12.1. The number of benzene rings is 2. The molecule has 5 nitrogen and oxygen atoms in total. The van der Waals surface area contributed by atoms with Crippen LogP contribution in [0.2, 0.25) is 0 Å². The molecule has 0 amide bonds. The van der Waals surface area contributed by atoms with Gasteiger partial charge in [0, 0.05) is 6.61 Å². The van der Waals surface area contributed by atoms with Gasteiger partial charge in [0.15, 0.2) is 0 Å². The zero-order valence-electron chi connectivity index (χ0n) is 17.4. The molecule has 0 heterocycles. The second kappa shape index (κ2) is 10.2. The zero-order chi connectivity index (χ0) is 21.4. The predicted octanol–water partition coefficient (Wildman–Crippen LogP) is 4.37. The number of aliphatic hydroxyl groups is 1. The number of hydrogen-bond acceptors (Lipinski definition) is 4. The zero-order valence-corrected chi connectivity index (χ0v) is 17.4. The Morgan fingerprint density at radius 1 is 0.931 bits per heavy atom. The molecule has 156 valence electrons. The first-order valence-corrected chi connectivity index (χ1v) is 9.87. The minimum atomic E-state index is -0.935. The lowest BCUT2D eigenvalue weighted by molar-refractivity contribution is 0.0366. The van der Waals surface area contributed by atoms with Crippen LogP contribution in [0.1, 0.15) is 59.0 Å². The first-order chi connectivity index (χ1) is 13.7. The smallest absolute Gasteiger partial charge is 0.338 e. The van der Waals surface area contributed by atoms with Gasteiger partial charge in [-0.15, -0.1) is 0 Å². The maximum absolute atomic E-state index is 12.1. The fraction of sp³-hybridized carbons (Fsp3) is 0.417. The number of rotatable bonds is 9. The largest absolute Gasteiger partial charge is 0.478 e. The van der Waals surface area contributed by atoms with Gasteiger partial charge in [0.05, 0.1) is 17.7 Å². The Hall–Kier alpha value is -2.66. The molecule has 0 aromatic heterocycles. The van der Waals surface area contributed by atoms with Crippen molar-refractivity contribution in [3.63, 3.8) is 0 Å². The Morgan fingerprint density at radius 2 is 1.48 bits per heavy atom. The number of carboxylic acid groups (broad SMARTS) is 1. The molecule has 0 saturated heterocycles. The first kappa shape index (κ1) is 22.6. The second-order valence-electron chi connectivity index (χ2n) is 8.63. The number of carbonyl (C=O) groups excluding carboxylic acids is 1. The molecule has 0 fully saturated rings. The summed E-state index contributed by atoms with van der Waals surface area (Å²) in [4.78, 5) is 23.0. The van der Waals surface area contributed by atoms with Gasteiger partial charge in [-0.25, -0.2) is 9.59 Å². The molecule has 0 aliphatic carbocycles. The number of carboxylic acids is 1. The highest BCUT2D eigenvalue weighted by atomic mass is 16.5. The summed E-state index contributed by atoms with van der Waals surface area (Å²) in [5.74, 6) is -1.17. The summed E-state index contributed by atoms with van der Waals surface area (Å²) in [5.41, 5.74) is 2.83. The Morgan fingerprint density at radius 3 is 2.00 bits per heavy atom. The quantitative estimate of drug-likeness (QED) is 0.613. The van der Waals surface area contributed by atoms with Crippen LogP contribution in [0.3, 0.4) is 0 Å². The van der Waals surface area contributed by atoms with Crippen molar-refractivity contribution in [2.75, 3.05) is 13.2 Å². The van der Waals surface area contributed by atoms with Crippen LogP contribution >= 0.6 is 0 Å². The molecule has 0 saturated carbocycles. The summed E-state index contributed by atoms with van der Waals surface area (Å²) >= 11 is 0. The third kappa shape index (κ3) is 7.70. The van der Waals surface area contributed by atoms with E-state index in [1.54, 1.807) is 24.3 Å². The van der Waals surface area contributed by atoms with E-state index < -0.39 is 5.97 Å². The summed E-state index contributed by atoms with van der Waals surface area (Å²) in [7, 11) is 0. The fourth-order valence-corrected chi connectivity index (χ4v) is 2.92. The van der Waals surface area contributed by atoms with Gasteiger partial charge in [0.1, 0.15) is 0 Å². The van der Waals surface area contributed by atoms with Gasteiger partial charge in [-0.05, 0) is 66.0 Å². The summed E-state index contributed by atoms with van der Waals surface area (Å²) < 4.78 is 5.33. The van der Waals surface area contributed by atoms with Crippen LogP contribution in [-0.2, 0) is 17.6 Å². The summed E-state index contributed by atoms with van der Waals surface area (Å²) in [5, 5.41) is 18.7. The van der Waals surface area contributed by atoms with E-state index in [1.807, 2.05) is 45.0 Å². The average Bonchev–Trinajstić information content (AvgIpc) is 2.69. The van der Waals surface area contributed by atoms with Gasteiger partial charge in [-0.2, -0.15) is 0 Å². The standard InChI is InChI=1S/C24H30O5/c1-24(2,3)16-29-23(28)21-12-8-18(9-13-21)14-19(15-25)5-4-17-6-10-20(11-7-17)22(26)27/h6-13,19,25H,4-5,14-16H2,1-3H3,(H,26,27). The van der Waals surface area contributed by atoms with Gasteiger partial charge in [-0.1, -0.05) is 45.0 Å². The number of aryl methyl sites for hydroxylation is 1. The molecule has 0 aliphatic rings. The Labute approximate surface area is 172 Å². The Kier molecular flexibility index (Phi) is 7.97. The van der Waals surface area contributed by atoms with Crippen LogP contribution in [0.15, 0.2) is 48.5 Å². The summed E-state index contributed by atoms with van der Waals surface area (Å²) in [6.45, 7) is 6.48. The number of ether oxygens (including phenoxy) is 1.